The number of nitrogens with zero attached hydrogens (tertiary/aromatic N) is 2. The highest BCUT2D eigenvalue weighted by Gasteiger charge is 2.47. The highest BCUT2D eigenvalue weighted by molar-refractivity contribution is 7.80. The SMILES string of the molecule is NC(=S)C1(C(=O)N2CCN3CCCCC3C2)CCCC1. The van der Waals surface area contributed by atoms with Crippen molar-refractivity contribution in [3.05, 3.63) is 0 Å². The van der Waals surface area contributed by atoms with Crippen LogP contribution in [0.25, 0.3) is 0 Å². The molecule has 0 aromatic rings. The van der Waals surface area contributed by atoms with Gasteiger partial charge in [0.05, 0.1) is 10.4 Å². The minimum Gasteiger partial charge on any atom is -0.392 e. The Balaban J connectivity index is 1.72. The molecule has 1 aliphatic carbocycles. The van der Waals surface area contributed by atoms with Gasteiger partial charge in [-0.25, -0.2) is 0 Å². The second kappa shape index (κ2) is 5.60. The summed E-state index contributed by atoms with van der Waals surface area (Å²) in [6.45, 7) is 3.94. The quantitative estimate of drug-likeness (QED) is 0.785. The molecule has 1 amide bonds. The fraction of sp³-hybridized carbons (Fsp3) is 0.867. The van der Waals surface area contributed by atoms with Crippen LogP contribution in [0.2, 0.25) is 0 Å². The van der Waals surface area contributed by atoms with Crippen molar-refractivity contribution in [1.29, 1.82) is 0 Å². The molecule has 1 atom stereocenters. The van der Waals surface area contributed by atoms with Crippen LogP contribution in [0, 0.1) is 5.41 Å². The van der Waals surface area contributed by atoms with Gasteiger partial charge in [-0.2, -0.15) is 0 Å². The predicted octanol–water partition coefficient (Wildman–Crippen LogP) is 1.53. The van der Waals surface area contributed by atoms with E-state index < -0.39 is 5.41 Å². The lowest BCUT2D eigenvalue weighted by Gasteiger charge is -2.46. The summed E-state index contributed by atoms with van der Waals surface area (Å²) < 4.78 is 0. The van der Waals surface area contributed by atoms with Crippen LogP contribution in [-0.2, 0) is 4.79 Å². The zero-order valence-corrected chi connectivity index (χ0v) is 13.0. The standard InChI is InChI=1S/C15H25N3OS/c16-13(20)15(6-2-3-7-15)14(19)18-10-9-17-8-4-1-5-12(17)11-18/h12H,1-11H2,(H2,16,20). The molecule has 3 aliphatic rings. The number of fused-ring (bicyclic) bond motifs is 1. The van der Waals surface area contributed by atoms with Crippen LogP contribution in [0.3, 0.4) is 0 Å². The molecular formula is C15H25N3OS. The van der Waals surface area contributed by atoms with Gasteiger partial charge in [0, 0.05) is 25.7 Å². The highest BCUT2D eigenvalue weighted by atomic mass is 32.1. The van der Waals surface area contributed by atoms with Gasteiger partial charge < -0.3 is 10.6 Å². The number of rotatable bonds is 2. The molecule has 112 valence electrons. The maximum atomic E-state index is 13.0. The molecule has 0 radical (unpaired) electrons. The predicted molar refractivity (Wildman–Crippen MR) is 83.5 cm³/mol. The van der Waals surface area contributed by atoms with Gasteiger partial charge in [-0.15, -0.1) is 0 Å². The summed E-state index contributed by atoms with van der Waals surface area (Å²) in [6, 6.07) is 0.561. The van der Waals surface area contributed by atoms with Crippen LogP contribution in [0.15, 0.2) is 0 Å². The highest BCUT2D eigenvalue weighted by Crippen LogP contribution is 2.40. The fourth-order valence-electron chi connectivity index (χ4n) is 4.19. The third kappa shape index (κ3) is 2.35. The van der Waals surface area contributed by atoms with E-state index in [1.807, 2.05) is 0 Å². The second-order valence-corrected chi connectivity index (χ2v) is 7.03. The van der Waals surface area contributed by atoms with Gasteiger partial charge in [0.15, 0.2) is 0 Å². The molecule has 0 aromatic heterocycles. The van der Waals surface area contributed by atoms with E-state index in [1.165, 1.54) is 25.8 Å². The lowest BCUT2D eigenvalue weighted by Crippen LogP contribution is -2.59. The summed E-state index contributed by atoms with van der Waals surface area (Å²) in [6.07, 6.45) is 7.69. The molecule has 20 heavy (non-hydrogen) atoms. The first-order valence-electron chi connectivity index (χ1n) is 7.97. The first kappa shape index (κ1) is 14.3. The van der Waals surface area contributed by atoms with Crippen LogP contribution < -0.4 is 5.73 Å². The van der Waals surface area contributed by atoms with Crippen molar-refractivity contribution >= 4 is 23.1 Å². The molecule has 0 bridgehead atoms. The molecule has 2 saturated heterocycles. The maximum Gasteiger partial charge on any atom is 0.235 e. The Morgan fingerprint density at radius 1 is 1.10 bits per heavy atom. The van der Waals surface area contributed by atoms with Crippen LogP contribution in [0.1, 0.15) is 44.9 Å². The van der Waals surface area contributed by atoms with E-state index in [9.17, 15) is 4.79 Å². The Labute approximate surface area is 126 Å². The number of hydrogen-bond donors (Lipinski definition) is 1. The van der Waals surface area contributed by atoms with Crippen LogP contribution in [-0.4, -0.2) is 52.9 Å². The Bertz CT molecular complexity index is 406. The van der Waals surface area contributed by atoms with Crippen molar-refractivity contribution in [2.24, 2.45) is 11.1 Å². The monoisotopic (exact) mass is 295 g/mol. The lowest BCUT2D eigenvalue weighted by atomic mass is 9.83. The van der Waals surface area contributed by atoms with Crippen molar-refractivity contribution < 1.29 is 4.79 Å². The molecule has 3 rings (SSSR count). The van der Waals surface area contributed by atoms with Crippen LogP contribution in [0.5, 0.6) is 0 Å². The Kier molecular flexibility index (Phi) is 4.00. The van der Waals surface area contributed by atoms with Crippen molar-refractivity contribution in [3.63, 3.8) is 0 Å². The lowest BCUT2D eigenvalue weighted by molar-refractivity contribution is -0.141. The summed E-state index contributed by atoms with van der Waals surface area (Å²) in [5, 5.41) is 0. The number of hydrogen-bond acceptors (Lipinski definition) is 3. The molecule has 0 spiro atoms. The van der Waals surface area contributed by atoms with E-state index in [0.29, 0.717) is 11.0 Å². The number of nitrogens with two attached hydrogens (primary N) is 1. The van der Waals surface area contributed by atoms with E-state index in [-0.39, 0.29) is 5.91 Å². The number of carbonyl (C=O) groups excluding carboxylic acids is 1. The number of piperidine rings is 1. The van der Waals surface area contributed by atoms with Crippen molar-refractivity contribution in [2.75, 3.05) is 26.2 Å². The Morgan fingerprint density at radius 3 is 2.55 bits per heavy atom. The van der Waals surface area contributed by atoms with Crippen molar-refractivity contribution in [2.45, 2.75) is 51.0 Å². The minimum atomic E-state index is -0.522. The summed E-state index contributed by atoms with van der Waals surface area (Å²) in [5.41, 5.74) is 5.42. The van der Waals surface area contributed by atoms with Gasteiger partial charge in [-0.1, -0.05) is 31.5 Å². The Hall–Kier alpha value is -0.680. The van der Waals surface area contributed by atoms with E-state index in [2.05, 4.69) is 9.80 Å². The number of amides is 1. The molecule has 3 fully saturated rings. The molecule has 2 heterocycles. The zero-order chi connectivity index (χ0) is 14.2. The van der Waals surface area contributed by atoms with Gasteiger partial charge in [0.25, 0.3) is 0 Å². The molecule has 2 aliphatic heterocycles. The van der Waals surface area contributed by atoms with E-state index in [0.717, 1.165) is 45.3 Å². The van der Waals surface area contributed by atoms with Crippen LogP contribution in [0.4, 0.5) is 0 Å². The van der Waals surface area contributed by atoms with Gasteiger partial charge in [0.1, 0.15) is 0 Å². The van der Waals surface area contributed by atoms with Crippen molar-refractivity contribution in [3.8, 4) is 0 Å². The summed E-state index contributed by atoms with van der Waals surface area (Å²) in [4.78, 5) is 18.0. The number of carbonyl (C=O) groups is 1. The molecule has 1 saturated carbocycles. The first-order valence-corrected chi connectivity index (χ1v) is 8.38. The average molecular weight is 295 g/mol. The molecular weight excluding hydrogens is 270 g/mol. The topological polar surface area (TPSA) is 49.6 Å². The van der Waals surface area contributed by atoms with Gasteiger partial charge in [-0.05, 0) is 32.2 Å². The number of thiocarbonyl (C=S) groups is 1. The molecule has 5 heteroatoms. The third-order valence-corrected chi connectivity index (χ3v) is 5.85. The van der Waals surface area contributed by atoms with E-state index in [1.54, 1.807) is 0 Å². The smallest absolute Gasteiger partial charge is 0.235 e. The largest absolute Gasteiger partial charge is 0.392 e. The molecule has 2 N–H and O–H groups in total. The molecule has 0 aromatic carbocycles. The summed E-state index contributed by atoms with van der Waals surface area (Å²) >= 11 is 5.25. The fourth-order valence-corrected chi connectivity index (χ4v) is 4.48. The number of piperazine rings is 1. The summed E-state index contributed by atoms with van der Waals surface area (Å²) in [5.74, 6) is 0.215. The van der Waals surface area contributed by atoms with Gasteiger partial charge in [0.2, 0.25) is 5.91 Å². The molecule has 1 unspecified atom stereocenters. The summed E-state index contributed by atoms with van der Waals surface area (Å²) in [7, 11) is 0. The van der Waals surface area contributed by atoms with Crippen LogP contribution >= 0.6 is 12.2 Å². The third-order valence-electron chi connectivity index (χ3n) is 5.46. The average Bonchev–Trinajstić information content (AvgIpc) is 2.97. The van der Waals surface area contributed by atoms with Crippen molar-refractivity contribution in [1.82, 2.24) is 9.80 Å². The van der Waals surface area contributed by atoms with E-state index >= 15 is 0 Å². The van der Waals surface area contributed by atoms with E-state index in [4.69, 9.17) is 18.0 Å². The molecule has 4 nitrogen and oxygen atoms in total. The first-order chi connectivity index (χ1) is 9.63. The Morgan fingerprint density at radius 2 is 1.85 bits per heavy atom. The van der Waals surface area contributed by atoms with Gasteiger partial charge >= 0.3 is 0 Å². The van der Waals surface area contributed by atoms with Gasteiger partial charge in [-0.3, -0.25) is 9.69 Å². The zero-order valence-electron chi connectivity index (χ0n) is 12.1. The minimum absolute atomic E-state index is 0.215. The second-order valence-electron chi connectivity index (χ2n) is 6.59. The maximum absolute atomic E-state index is 13.0. The normalized spacial score (nSPS) is 30.0.